The van der Waals surface area contributed by atoms with Crippen LogP contribution in [0.4, 0.5) is 0 Å². The number of hydrazine groups is 1. The molecule has 0 aromatic carbocycles. The van der Waals surface area contributed by atoms with E-state index in [4.69, 9.17) is 5.73 Å². The lowest BCUT2D eigenvalue weighted by Gasteiger charge is -2.25. The van der Waals surface area contributed by atoms with Crippen molar-refractivity contribution in [1.82, 2.24) is 10.9 Å². The first-order valence-electron chi connectivity index (χ1n) is 5.18. The van der Waals surface area contributed by atoms with Crippen molar-refractivity contribution in [2.75, 3.05) is 6.54 Å². The second-order valence-corrected chi connectivity index (χ2v) is 4.24. The van der Waals surface area contributed by atoms with E-state index in [1.165, 1.54) is 11.3 Å². The van der Waals surface area contributed by atoms with Gasteiger partial charge < -0.3 is 11.2 Å². The van der Waals surface area contributed by atoms with Gasteiger partial charge in [0.25, 0.3) is 0 Å². The van der Waals surface area contributed by atoms with Crippen LogP contribution in [0.5, 0.6) is 0 Å². The largest absolute Gasteiger partial charge is 0.366 e. The molecule has 4 N–H and O–H groups in total. The van der Waals surface area contributed by atoms with Crippen molar-refractivity contribution in [3.8, 4) is 0 Å². The standard InChI is InChI=1S/C11H13N3O/c12-11(15)8-2-1-6-4-10-7(3-9(6)8)5-13-14-10/h1-2,4,7,9,13-14H,3,5H2,(H2,12,15). The van der Waals surface area contributed by atoms with Crippen LogP contribution in [0.25, 0.3) is 0 Å². The van der Waals surface area contributed by atoms with E-state index < -0.39 is 0 Å². The van der Waals surface area contributed by atoms with Crippen LogP contribution in [0.3, 0.4) is 0 Å². The van der Waals surface area contributed by atoms with Gasteiger partial charge in [0.2, 0.25) is 5.91 Å². The van der Waals surface area contributed by atoms with Crippen molar-refractivity contribution in [2.24, 2.45) is 17.6 Å². The van der Waals surface area contributed by atoms with Crippen LogP contribution in [-0.2, 0) is 4.79 Å². The Bertz CT molecular complexity index is 420. The number of primary amides is 1. The van der Waals surface area contributed by atoms with Crippen LogP contribution < -0.4 is 16.6 Å². The van der Waals surface area contributed by atoms with Gasteiger partial charge in [0, 0.05) is 29.7 Å². The highest BCUT2D eigenvalue weighted by molar-refractivity contribution is 5.94. The number of carbonyl (C=O) groups excluding carboxylic acids is 1. The average molecular weight is 203 g/mol. The van der Waals surface area contributed by atoms with Crippen molar-refractivity contribution in [2.45, 2.75) is 6.42 Å². The highest BCUT2D eigenvalue weighted by atomic mass is 16.1. The van der Waals surface area contributed by atoms with Crippen LogP contribution in [0, 0.1) is 11.8 Å². The Hall–Kier alpha value is -1.55. The zero-order valence-electron chi connectivity index (χ0n) is 8.29. The molecule has 1 aliphatic heterocycles. The Morgan fingerprint density at radius 1 is 1.47 bits per heavy atom. The first kappa shape index (κ1) is 8.73. The predicted molar refractivity (Wildman–Crippen MR) is 56.2 cm³/mol. The number of hydrogen-bond acceptors (Lipinski definition) is 3. The van der Waals surface area contributed by atoms with E-state index in [9.17, 15) is 4.79 Å². The number of carbonyl (C=O) groups is 1. The molecule has 0 bridgehead atoms. The normalized spacial score (nSPS) is 32.1. The monoisotopic (exact) mass is 203 g/mol. The van der Waals surface area contributed by atoms with Crippen molar-refractivity contribution in [1.29, 1.82) is 0 Å². The third kappa shape index (κ3) is 1.22. The second kappa shape index (κ2) is 2.97. The van der Waals surface area contributed by atoms with Crippen LogP contribution in [0.2, 0.25) is 0 Å². The van der Waals surface area contributed by atoms with E-state index in [1.54, 1.807) is 0 Å². The van der Waals surface area contributed by atoms with E-state index in [2.05, 4.69) is 16.9 Å². The Labute approximate surface area is 87.9 Å². The molecule has 2 unspecified atom stereocenters. The number of allylic oxidation sites excluding steroid dienone is 4. The van der Waals surface area contributed by atoms with Gasteiger partial charge in [0.05, 0.1) is 0 Å². The Morgan fingerprint density at radius 3 is 3.13 bits per heavy atom. The molecule has 3 aliphatic rings. The zero-order chi connectivity index (χ0) is 10.4. The van der Waals surface area contributed by atoms with Gasteiger partial charge in [-0.1, -0.05) is 12.2 Å². The van der Waals surface area contributed by atoms with Gasteiger partial charge in [-0.3, -0.25) is 4.79 Å². The van der Waals surface area contributed by atoms with Crippen molar-refractivity contribution < 1.29 is 4.79 Å². The third-order valence-corrected chi connectivity index (χ3v) is 3.38. The molecule has 2 atom stereocenters. The molecular formula is C11H13N3O. The molecule has 0 radical (unpaired) electrons. The minimum atomic E-state index is -0.290. The fourth-order valence-corrected chi connectivity index (χ4v) is 2.58. The van der Waals surface area contributed by atoms with Crippen molar-refractivity contribution in [3.63, 3.8) is 0 Å². The molecule has 1 saturated heterocycles. The number of amides is 1. The summed E-state index contributed by atoms with van der Waals surface area (Å²) in [7, 11) is 0. The molecular weight excluding hydrogens is 190 g/mol. The lowest BCUT2D eigenvalue weighted by molar-refractivity contribution is -0.115. The fraction of sp³-hybridized carbons (Fsp3) is 0.364. The smallest absolute Gasteiger partial charge is 0.245 e. The van der Waals surface area contributed by atoms with Crippen molar-refractivity contribution in [3.05, 3.63) is 35.1 Å². The Balaban J connectivity index is 1.93. The molecule has 15 heavy (non-hydrogen) atoms. The summed E-state index contributed by atoms with van der Waals surface area (Å²) in [4.78, 5) is 11.2. The Kier molecular flexibility index (Phi) is 1.73. The predicted octanol–water partition coefficient (Wildman–Crippen LogP) is -0.0341. The van der Waals surface area contributed by atoms with Crippen LogP contribution >= 0.6 is 0 Å². The molecule has 4 heteroatoms. The second-order valence-electron chi connectivity index (χ2n) is 4.24. The number of fused-ring (bicyclic) bond motifs is 2. The summed E-state index contributed by atoms with van der Waals surface area (Å²) in [6.07, 6.45) is 6.96. The minimum absolute atomic E-state index is 0.220. The van der Waals surface area contributed by atoms with Gasteiger partial charge >= 0.3 is 0 Å². The van der Waals surface area contributed by atoms with E-state index >= 15 is 0 Å². The summed E-state index contributed by atoms with van der Waals surface area (Å²) < 4.78 is 0. The SMILES string of the molecule is NC(=O)C1=CC=C2C=C3NNCC3CC21. The van der Waals surface area contributed by atoms with Gasteiger partial charge in [-0.2, -0.15) is 0 Å². The maximum atomic E-state index is 11.2. The molecule has 1 fully saturated rings. The number of rotatable bonds is 1. The topological polar surface area (TPSA) is 67.2 Å². The summed E-state index contributed by atoms with van der Waals surface area (Å²) in [5.74, 6) is 0.424. The lowest BCUT2D eigenvalue weighted by Crippen LogP contribution is -2.25. The maximum Gasteiger partial charge on any atom is 0.245 e. The molecule has 0 aromatic heterocycles. The zero-order valence-corrected chi connectivity index (χ0v) is 8.29. The number of hydrogen-bond donors (Lipinski definition) is 3. The quantitative estimate of drug-likeness (QED) is 0.560. The summed E-state index contributed by atoms with van der Waals surface area (Å²) >= 11 is 0. The molecule has 3 rings (SSSR count). The molecule has 78 valence electrons. The van der Waals surface area contributed by atoms with Gasteiger partial charge in [-0.25, -0.2) is 5.43 Å². The van der Waals surface area contributed by atoms with Gasteiger partial charge in [0.1, 0.15) is 0 Å². The maximum absolute atomic E-state index is 11.2. The van der Waals surface area contributed by atoms with Gasteiger partial charge in [-0.05, 0) is 18.1 Å². The summed E-state index contributed by atoms with van der Waals surface area (Å²) in [5.41, 5.74) is 14.8. The van der Waals surface area contributed by atoms with Crippen LogP contribution in [0.15, 0.2) is 35.1 Å². The lowest BCUT2D eigenvalue weighted by atomic mass is 9.80. The molecule has 0 saturated carbocycles. The van der Waals surface area contributed by atoms with Crippen molar-refractivity contribution >= 4 is 5.91 Å². The van der Waals surface area contributed by atoms with E-state index in [-0.39, 0.29) is 11.8 Å². The van der Waals surface area contributed by atoms with Gasteiger partial charge in [0.15, 0.2) is 0 Å². The first-order valence-corrected chi connectivity index (χ1v) is 5.18. The fourth-order valence-electron chi connectivity index (χ4n) is 2.58. The van der Waals surface area contributed by atoms with Gasteiger partial charge in [-0.15, -0.1) is 0 Å². The highest BCUT2D eigenvalue weighted by Gasteiger charge is 2.35. The molecule has 0 spiro atoms. The minimum Gasteiger partial charge on any atom is -0.366 e. The number of nitrogens with two attached hydrogens (primary N) is 1. The molecule has 1 amide bonds. The molecule has 4 nitrogen and oxygen atoms in total. The van der Waals surface area contributed by atoms with Crippen LogP contribution in [-0.4, -0.2) is 12.5 Å². The van der Waals surface area contributed by atoms with Crippen LogP contribution in [0.1, 0.15) is 6.42 Å². The molecule has 2 aliphatic carbocycles. The summed E-state index contributed by atoms with van der Waals surface area (Å²) in [6, 6.07) is 0. The van der Waals surface area contributed by atoms with E-state index in [0.717, 1.165) is 18.5 Å². The summed E-state index contributed by atoms with van der Waals surface area (Å²) in [5, 5.41) is 0. The first-order chi connectivity index (χ1) is 7.25. The number of nitrogens with one attached hydrogen (secondary N) is 2. The molecule has 0 aromatic rings. The average Bonchev–Trinajstić information content (AvgIpc) is 2.77. The third-order valence-electron chi connectivity index (χ3n) is 3.38. The van der Waals surface area contributed by atoms with E-state index in [1.807, 2.05) is 12.2 Å². The van der Waals surface area contributed by atoms with E-state index in [0.29, 0.717) is 5.92 Å². The summed E-state index contributed by atoms with van der Waals surface area (Å²) in [6.45, 7) is 0.932. The highest BCUT2D eigenvalue weighted by Crippen LogP contribution is 2.40. The molecule has 1 heterocycles. The Morgan fingerprint density at radius 2 is 2.33 bits per heavy atom.